The lowest BCUT2D eigenvalue weighted by atomic mass is 9.98. The maximum absolute atomic E-state index is 13.4. The third-order valence-corrected chi connectivity index (χ3v) is 7.75. The maximum atomic E-state index is 13.4. The molecule has 3 N–H and O–H groups in total. The summed E-state index contributed by atoms with van der Waals surface area (Å²) in [6, 6.07) is 11.8. The van der Waals surface area contributed by atoms with Gasteiger partial charge in [0.05, 0.1) is 29.4 Å². The number of nitrogens with one attached hydrogen (secondary N) is 2. The van der Waals surface area contributed by atoms with Crippen LogP contribution in [0.5, 0.6) is 5.75 Å². The molecule has 0 spiro atoms. The van der Waals surface area contributed by atoms with Crippen LogP contribution in [0, 0.1) is 11.3 Å². The van der Waals surface area contributed by atoms with Gasteiger partial charge in [0, 0.05) is 49.6 Å². The number of benzene rings is 2. The quantitative estimate of drug-likeness (QED) is 0.273. The van der Waals surface area contributed by atoms with E-state index in [0.717, 1.165) is 5.56 Å². The van der Waals surface area contributed by atoms with Crippen molar-refractivity contribution in [2.45, 2.75) is 64.5 Å². The van der Waals surface area contributed by atoms with Crippen LogP contribution in [0.15, 0.2) is 42.5 Å². The number of ether oxygens (including phenoxy) is 1. The fourth-order valence-electron chi connectivity index (χ4n) is 5.10. The Labute approximate surface area is 257 Å². The van der Waals surface area contributed by atoms with Crippen molar-refractivity contribution in [1.82, 2.24) is 25.3 Å². The Balaban J connectivity index is 1.56. The monoisotopic (exact) mass is 628 g/mol. The molecule has 2 heterocycles. The third kappa shape index (κ3) is 7.69. The van der Waals surface area contributed by atoms with Crippen molar-refractivity contribution in [1.29, 1.82) is 5.26 Å². The van der Waals surface area contributed by atoms with Gasteiger partial charge in [0.2, 0.25) is 5.91 Å². The van der Waals surface area contributed by atoms with Crippen LogP contribution >= 0.6 is 11.6 Å². The minimum atomic E-state index is -2.93. The van der Waals surface area contributed by atoms with Crippen LogP contribution in [0.1, 0.15) is 63.0 Å². The SMILES string of the molecule is CNC(=O)CC[C@@H](Cn1nc2c(c1C(=O)O)CN(C(=O)c1ccc(Cl)c(C#N)c1)[C@H](C)C2)NCc1ccc(OC(F)F)cc1. The number of carboxylic acids is 1. The molecule has 0 aliphatic carbocycles. The van der Waals surface area contributed by atoms with Crippen molar-refractivity contribution < 1.29 is 33.0 Å². The molecule has 14 heteroatoms. The van der Waals surface area contributed by atoms with Crippen LogP contribution in [-0.4, -0.2) is 63.3 Å². The molecule has 2 atom stereocenters. The Bertz CT molecular complexity index is 1570. The average Bonchev–Trinajstić information content (AvgIpc) is 3.34. The van der Waals surface area contributed by atoms with Crippen LogP contribution in [0.25, 0.3) is 0 Å². The summed E-state index contributed by atoms with van der Waals surface area (Å²) in [5.74, 6) is -1.74. The number of nitrogens with zero attached hydrogens (tertiary/aromatic N) is 4. The molecule has 0 fully saturated rings. The van der Waals surface area contributed by atoms with Crippen molar-refractivity contribution in [2.24, 2.45) is 0 Å². The van der Waals surface area contributed by atoms with E-state index in [1.165, 1.54) is 42.1 Å². The molecule has 0 saturated heterocycles. The van der Waals surface area contributed by atoms with Crippen LogP contribution in [0.3, 0.4) is 0 Å². The molecular formula is C30H31ClF2N6O5. The third-order valence-electron chi connectivity index (χ3n) is 7.42. The largest absolute Gasteiger partial charge is 0.477 e. The van der Waals surface area contributed by atoms with E-state index >= 15 is 0 Å². The van der Waals surface area contributed by atoms with Gasteiger partial charge in [-0.15, -0.1) is 0 Å². The van der Waals surface area contributed by atoms with Gasteiger partial charge in [-0.05, 0) is 49.2 Å². The molecule has 1 aromatic heterocycles. The number of hydrogen-bond acceptors (Lipinski definition) is 7. The summed E-state index contributed by atoms with van der Waals surface area (Å²) < 4.78 is 30.8. The van der Waals surface area contributed by atoms with E-state index in [1.807, 2.05) is 13.0 Å². The number of amides is 2. The van der Waals surface area contributed by atoms with Crippen LogP contribution < -0.4 is 15.4 Å². The van der Waals surface area contributed by atoms with Crippen LogP contribution in [0.2, 0.25) is 5.02 Å². The maximum Gasteiger partial charge on any atom is 0.387 e. The number of hydrogen-bond donors (Lipinski definition) is 3. The fourth-order valence-corrected chi connectivity index (χ4v) is 5.26. The summed E-state index contributed by atoms with van der Waals surface area (Å²) >= 11 is 6.03. The number of alkyl halides is 2. The van der Waals surface area contributed by atoms with Gasteiger partial charge >= 0.3 is 12.6 Å². The van der Waals surface area contributed by atoms with Gasteiger partial charge in [0.15, 0.2) is 5.69 Å². The average molecular weight is 629 g/mol. The van der Waals surface area contributed by atoms with E-state index in [1.54, 1.807) is 17.0 Å². The van der Waals surface area contributed by atoms with E-state index in [2.05, 4.69) is 20.5 Å². The molecule has 2 amide bonds. The normalized spacial score (nSPS) is 14.9. The Morgan fingerprint density at radius 3 is 2.59 bits per heavy atom. The second kappa shape index (κ2) is 14.3. The molecule has 3 aromatic rings. The number of aromatic carboxylic acids is 1. The summed E-state index contributed by atoms with van der Waals surface area (Å²) in [5.41, 5.74) is 2.11. The number of fused-ring (bicyclic) bond motifs is 1. The highest BCUT2D eigenvalue weighted by atomic mass is 35.5. The highest BCUT2D eigenvalue weighted by Gasteiger charge is 2.35. The molecule has 11 nitrogen and oxygen atoms in total. The van der Waals surface area contributed by atoms with E-state index in [0.29, 0.717) is 30.6 Å². The number of carbonyl (C=O) groups is 3. The smallest absolute Gasteiger partial charge is 0.387 e. The molecule has 232 valence electrons. The molecule has 0 bridgehead atoms. The van der Waals surface area contributed by atoms with Crippen molar-refractivity contribution in [3.05, 3.63) is 81.1 Å². The first-order valence-electron chi connectivity index (χ1n) is 13.8. The summed E-state index contributed by atoms with van der Waals surface area (Å²) in [5, 5.41) is 30.3. The van der Waals surface area contributed by atoms with Crippen LogP contribution in [-0.2, 0) is 30.8 Å². The molecule has 44 heavy (non-hydrogen) atoms. The second-order valence-corrected chi connectivity index (χ2v) is 10.8. The predicted octanol–water partition coefficient (Wildman–Crippen LogP) is 3.98. The molecule has 1 aliphatic rings. The zero-order valence-electron chi connectivity index (χ0n) is 24.0. The Morgan fingerprint density at radius 2 is 1.95 bits per heavy atom. The van der Waals surface area contributed by atoms with Crippen molar-refractivity contribution in [2.75, 3.05) is 7.05 Å². The number of aromatic nitrogens is 2. The molecule has 0 unspecified atom stereocenters. The lowest BCUT2D eigenvalue weighted by molar-refractivity contribution is -0.120. The summed E-state index contributed by atoms with van der Waals surface area (Å²) in [7, 11) is 1.53. The standard InChI is InChI=1S/C30H31ClF2N6O5/c1-17-11-25-23(16-38(17)28(41)19-5-9-24(31)20(12-19)13-34)27(29(42)43)39(37-25)15-21(6-10-26(40)35-2)36-14-18-3-7-22(8-4-18)44-30(32)33/h3-5,7-9,12,17,21,30,36H,6,10-11,14-16H2,1-2H3,(H,35,40)(H,42,43)/t17-,21+/m1/s1. The van der Waals surface area contributed by atoms with E-state index in [-0.39, 0.29) is 65.0 Å². The minimum absolute atomic E-state index is 0.00481. The first-order valence-corrected chi connectivity index (χ1v) is 14.2. The van der Waals surface area contributed by atoms with Crippen LogP contribution in [0.4, 0.5) is 8.78 Å². The van der Waals surface area contributed by atoms with E-state index in [9.17, 15) is 33.5 Å². The summed E-state index contributed by atoms with van der Waals surface area (Å²) in [6.45, 7) is -0.665. The van der Waals surface area contributed by atoms with Gasteiger partial charge in [-0.25, -0.2) is 4.79 Å². The van der Waals surface area contributed by atoms with Gasteiger partial charge in [0.1, 0.15) is 11.8 Å². The second-order valence-electron chi connectivity index (χ2n) is 10.4. The van der Waals surface area contributed by atoms with Gasteiger partial charge in [-0.1, -0.05) is 23.7 Å². The number of halogens is 3. The summed E-state index contributed by atoms with van der Waals surface area (Å²) in [4.78, 5) is 39.5. The zero-order valence-corrected chi connectivity index (χ0v) is 24.8. The summed E-state index contributed by atoms with van der Waals surface area (Å²) in [6.07, 6.45) is 0.842. The number of carboxylic acid groups (broad SMARTS) is 1. The van der Waals surface area contributed by atoms with Gasteiger partial charge < -0.3 is 25.4 Å². The van der Waals surface area contributed by atoms with Gasteiger partial charge in [-0.3, -0.25) is 14.3 Å². The Morgan fingerprint density at radius 1 is 1.23 bits per heavy atom. The molecule has 0 radical (unpaired) electrons. The van der Waals surface area contributed by atoms with E-state index < -0.39 is 18.6 Å². The Kier molecular flexibility index (Phi) is 10.5. The van der Waals surface area contributed by atoms with Crippen molar-refractivity contribution in [3.8, 4) is 11.8 Å². The Hall–Kier alpha value is -4.54. The molecule has 1 aliphatic heterocycles. The van der Waals surface area contributed by atoms with Gasteiger partial charge in [-0.2, -0.15) is 19.1 Å². The molecular weight excluding hydrogens is 598 g/mol. The van der Waals surface area contributed by atoms with Crippen molar-refractivity contribution >= 4 is 29.4 Å². The first kappa shape index (κ1) is 32.4. The first-order chi connectivity index (χ1) is 21.0. The van der Waals surface area contributed by atoms with E-state index in [4.69, 9.17) is 11.6 Å². The topological polar surface area (TPSA) is 150 Å². The minimum Gasteiger partial charge on any atom is -0.477 e. The fraction of sp³-hybridized carbons (Fsp3) is 0.367. The number of nitriles is 1. The predicted molar refractivity (Wildman–Crippen MR) is 155 cm³/mol. The molecule has 0 saturated carbocycles. The highest BCUT2D eigenvalue weighted by Crippen LogP contribution is 2.29. The lowest BCUT2D eigenvalue weighted by Gasteiger charge is -2.33. The lowest BCUT2D eigenvalue weighted by Crippen LogP contribution is -2.42. The number of rotatable bonds is 12. The molecule has 2 aromatic carbocycles. The van der Waals surface area contributed by atoms with Crippen molar-refractivity contribution in [3.63, 3.8) is 0 Å². The zero-order chi connectivity index (χ0) is 32.0. The molecule has 4 rings (SSSR count). The van der Waals surface area contributed by atoms with Gasteiger partial charge in [0.25, 0.3) is 5.91 Å². The highest BCUT2D eigenvalue weighted by molar-refractivity contribution is 6.31. The number of carbonyl (C=O) groups excluding carboxylic acids is 2.